The number of carbonyl (C=O) groups excluding carboxylic acids is 1. The topological polar surface area (TPSA) is 84.7 Å². The fourth-order valence-corrected chi connectivity index (χ4v) is 3.75. The van der Waals surface area contributed by atoms with Crippen molar-refractivity contribution in [3.63, 3.8) is 0 Å². The van der Waals surface area contributed by atoms with Gasteiger partial charge in [-0.2, -0.15) is 0 Å². The van der Waals surface area contributed by atoms with Crippen LogP contribution in [0.3, 0.4) is 0 Å². The molecule has 0 radical (unpaired) electrons. The van der Waals surface area contributed by atoms with E-state index in [2.05, 4.69) is 29.1 Å². The molecule has 150 valence electrons. The summed E-state index contributed by atoms with van der Waals surface area (Å²) in [6, 6.07) is 15.0. The number of carbonyl (C=O) groups is 1. The Morgan fingerprint density at radius 2 is 1.79 bits per heavy atom. The first-order valence-corrected chi connectivity index (χ1v) is 9.82. The minimum absolute atomic E-state index is 0.0327. The van der Waals surface area contributed by atoms with Gasteiger partial charge in [0.2, 0.25) is 5.91 Å². The predicted molar refractivity (Wildman–Crippen MR) is 114 cm³/mol. The molecule has 0 saturated carbocycles. The van der Waals surface area contributed by atoms with Gasteiger partial charge in [-0.15, -0.1) is 0 Å². The van der Waals surface area contributed by atoms with Gasteiger partial charge in [-0.05, 0) is 36.6 Å². The lowest BCUT2D eigenvalue weighted by Gasteiger charge is -2.19. The molecule has 1 atom stereocenters. The fraction of sp³-hybridized carbons (Fsp3) is 0.318. The van der Waals surface area contributed by atoms with Crippen LogP contribution in [-0.2, 0) is 18.4 Å². The van der Waals surface area contributed by atoms with Crippen molar-refractivity contribution in [1.29, 1.82) is 0 Å². The minimum Gasteiger partial charge on any atom is -0.345 e. The largest absolute Gasteiger partial charge is 0.345 e. The molecular weight excluding hydrogens is 366 g/mol. The Labute approximate surface area is 168 Å². The van der Waals surface area contributed by atoms with Crippen LogP contribution in [-0.4, -0.2) is 25.0 Å². The molecule has 7 nitrogen and oxygen atoms in total. The van der Waals surface area contributed by atoms with Gasteiger partial charge in [0.1, 0.15) is 12.4 Å². The molecule has 2 aromatic carbocycles. The normalized spacial score (nSPS) is 12.7. The van der Waals surface area contributed by atoms with Crippen LogP contribution >= 0.6 is 0 Å². The standard InChI is InChI=1S/C22H25N5O2/c1-14(2)12-17(21-24-15-8-4-5-9-16(15)25-21)23-20(28)13-27-19-11-7-6-10-18(19)26(3)22(27)29/h4-11,14,17H,12-13H2,1-3H3,(H,23,28)(H,24,25). The zero-order valence-electron chi connectivity index (χ0n) is 16.8. The number of imidazole rings is 2. The molecule has 2 heterocycles. The third-order valence-electron chi connectivity index (χ3n) is 5.13. The molecule has 2 N–H and O–H groups in total. The van der Waals surface area contributed by atoms with E-state index in [1.54, 1.807) is 11.6 Å². The Hall–Kier alpha value is -3.35. The number of aryl methyl sites for hydroxylation is 1. The van der Waals surface area contributed by atoms with Crippen molar-refractivity contribution in [2.45, 2.75) is 32.9 Å². The number of rotatable bonds is 6. The van der Waals surface area contributed by atoms with Gasteiger partial charge < -0.3 is 10.3 Å². The van der Waals surface area contributed by atoms with Crippen LogP contribution in [0.25, 0.3) is 22.1 Å². The molecule has 1 amide bonds. The summed E-state index contributed by atoms with van der Waals surface area (Å²) < 4.78 is 3.07. The molecule has 0 aliphatic rings. The van der Waals surface area contributed by atoms with Gasteiger partial charge >= 0.3 is 5.69 Å². The maximum Gasteiger partial charge on any atom is 0.329 e. The van der Waals surface area contributed by atoms with Crippen LogP contribution in [0.1, 0.15) is 32.1 Å². The molecule has 7 heteroatoms. The number of fused-ring (bicyclic) bond motifs is 2. The number of aromatic amines is 1. The van der Waals surface area contributed by atoms with Crippen LogP contribution in [0.5, 0.6) is 0 Å². The first-order chi connectivity index (χ1) is 13.9. The molecule has 0 saturated heterocycles. The zero-order chi connectivity index (χ0) is 20.5. The Morgan fingerprint density at radius 3 is 2.52 bits per heavy atom. The van der Waals surface area contributed by atoms with E-state index in [4.69, 9.17) is 0 Å². The number of aromatic nitrogens is 4. The zero-order valence-corrected chi connectivity index (χ0v) is 16.8. The quantitative estimate of drug-likeness (QED) is 0.530. The van der Waals surface area contributed by atoms with E-state index in [0.29, 0.717) is 5.92 Å². The summed E-state index contributed by atoms with van der Waals surface area (Å²) in [7, 11) is 1.72. The number of amides is 1. The van der Waals surface area contributed by atoms with E-state index in [1.165, 1.54) is 4.57 Å². The number of nitrogens with one attached hydrogen (secondary N) is 2. The lowest BCUT2D eigenvalue weighted by Crippen LogP contribution is -2.35. The van der Waals surface area contributed by atoms with Crippen molar-refractivity contribution in [3.05, 3.63) is 64.8 Å². The molecule has 0 aliphatic carbocycles. The summed E-state index contributed by atoms with van der Waals surface area (Å²) in [5.74, 6) is 0.891. The fourth-order valence-electron chi connectivity index (χ4n) is 3.75. The number of benzene rings is 2. The van der Waals surface area contributed by atoms with Crippen molar-refractivity contribution in [3.8, 4) is 0 Å². The highest BCUT2D eigenvalue weighted by atomic mass is 16.2. The van der Waals surface area contributed by atoms with Crippen molar-refractivity contribution in [2.75, 3.05) is 0 Å². The number of hydrogen-bond donors (Lipinski definition) is 2. The lowest BCUT2D eigenvalue weighted by atomic mass is 10.0. The van der Waals surface area contributed by atoms with Gasteiger partial charge in [0.15, 0.2) is 0 Å². The molecule has 0 aliphatic heterocycles. The summed E-state index contributed by atoms with van der Waals surface area (Å²) in [5, 5.41) is 3.07. The first kappa shape index (κ1) is 19.0. The first-order valence-electron chi connectivity index (χ1n) is 9.82. The molecule has 29 heavy (non-hydrogen) atoms. The van der Waals surface area contributed by atoms with Crippen molar-refractivity contribution in [2.24, 2.45) is 13.0 Å². The van der Waals surface area contributed by atoms with Gasteiger partial charge in [-0.3, -0.25) is 13.9 Å². The number of H-pyrrole nitrogens is 1. The molecule has 1 unspecified atom stereocenters. The second kappa shape index (κ2) is 7.58. The summed E-state index contributed by atoms with van der Waals surface area (Å²) >= 11 is 0. The average Bonchev–Trinajstić information content (AvgIpc) is 3.23. The summed E-state index contributed by atoms with van der Waals surface area (Å²) in [5.41, 5.74) is 3.16. The van der Waals surface area contributed by atoms with E-state index in [0.717, 1.165) is 34.3 Å². The van der Waals surface area contributed by atoms with Gasteiger partial charge in [0.05, 0.1) is 28.1 Å². The van der Waals surface area contributed by atoms with Crippen LogP contribution in [0.15, 0.2) is 53.3 Å². The van der Waals surface area contributed by atoms with Crippen LogP contribution in [0.2, 0.25) is 0 Å². The number of hydrogen-bond acceptors (Lipinski definition) is 3. The molecule has 0 fully saturated rings. The highest BCUT2D eigenvalue weighted by molar-refractivity contribution is 5.81. The second-order valence-electron chi connectivity index (χ2n) is 7.81. The summed E-state index contributed by atoms with van der Waals surface area (Å²) in [6.45, 7) is 4.18. The molecule has 4 aromatic rings. The van der Waals surface area contributed by atoms with Gasteiger partial charge in [-0.1, -0.05) is 38.1 Å². The molecule has 0 spiro atoms. The van der Waals surface area contributed by atoms with E-state index in [-0.39, 0.29) is 24.2 Å². The highest BCUT2D eigenvalue weighted by Gasteiger charge is 2.21. The van der Waals surface area contributed by atoms with Crippen LogP contribution in [0.4, 0.5) is 0 Å². The number of nitrogens with zero attached hydrogens (tertiary/aromatic N) is 3. The number of para-hydroxylation sites is 4. The lowest BCUT2D eigenvalue weighted by molar-refractivity contribution is -0.122. The maximum atomic E-state index is 12.9. The monoisotopic (exact) mass is 391 g/mol. The molecule has 4 rings (SSSR count). The minimum atomic E-state index is -0.249. The Bertz CT molecular complexity index is 1200. The third-order valence-corrected chi connectivity index (χ3v) is 5.13. The van der Waals surface area contributed by atoms with Crippen LogP contribution < -0.4 is 11.0 Å². The average molecular weight is 391 g/mol. The SMILES string of the molecule is CC(C)CC(NC(=O)Cn1c(=O)n(C)c2ccccc21)c1nc2ccccc2[nH]1. The third kappa shape index (κ3) is 3.68. The van der Waals surface area contributed by atoms with Crippen molar-refractivity contribution < 1.29 is 4.79 Å². The smallest absolute Gasteiger partial charge is 0.329 e. The Kier molecular flexibility index (Phi) is 4.96. The molecular formula is C22H25N5O2. The van der Waals surface area contributed by atoms with Crippen molar-refractivity contribution >= 4 is 28.0 Å². The van der Waals surface area contributed by atoms with Crippen molar-refractivity contribution in [1.82, 2.24) is 24.4 Å². The Morgan fingerprint density at radius 1 is 1.10 bits per heavy atom. The summed E-state index contributed by atoms with van der Waals surface area (Å²) in [4.78, 5) is 33.5. The Balaban J connectivity index is 1.61. The van der Waals surface area contributed by atoms with Gasteiger partial charge in [0.25, 0.3) is 0 Å². The van der Waals surface area contributed by atoms with Gasteiger partial charge in [0, 0.05) is 7.05 Å². The summed E-state index contributed by atoms with van der Waals surface area (Å²) in [6.07, 6.45) is 0.746. The highest BCUT2D eigenvalue weighted by Crippen LogP contribution is 2.22. The molecule has 2 aromatic heterocycles. The predicted octanol–water partition coefficient (Wildman–Crippen LogP) is 3.12. The van der Waals surface area contributed by atoms with Crippen LogP contribution in [0, 0.1) is 5.92 Å². The van der Waals surface area contributed by atoms with E-state index in [1.807, 2.05) is 48.5 Å². The van der Waals surface area contributed by atoms with E-state index < -0.39 is 0 Å². The second-order valence-corrected chi connectivity index (χ2v) is 7.81. The van der Waals surface area contributed by atoms with Gasteiger partial charge in [-0.25, -0.2) is 9.78 Å². The van der Waals surface area contributed by atoms with E-state index in [9.17, 15) is 9.59 Å². The maximum absolute atomic E-state index is 12.9. The van der Waals surface area contributed by atoms with E-state index >= 15 is 0 Å². The molecule has 0 bridgehead atoms.